The molecule has 68 heavy (non-hydrogen) atoms. The molecule has 0 aromatic heterocycles. The van der Waals surface area contributed by atoms with E-state index in [2.05, 4.69) is 74.5 Å². The number of anilines is 1. The summed E-state index contributed by atoms with van der Waals surface area (Å²) in [7, 11) is 3.06. The highest BCUT2D eigenvalue weighted by Crippen LogP contribution is 2.41. The molecule has 0 saturated carbocycles. The van der Waals surface area contributed by atoms with Crippen LogP contribution in [0, 0.1) is 5.92 Å². The fourth-order valence-electron chi connectivity index (χ4n) is 8.35. The molecule has 0 bridgehead atoms. The van der Waals surface area contributed by atoms with Crippen LogP contribution in [0.4, 0.5) is 11.4 Å². The van der Waals surface area contributed by atoms with Gasteiger partial charge in [-0.2, -0.15) is 0 Å². The molecule has 2 aromatic carbocycles. The van der Waals surface area contributed by atoms with E-state index in [0.717, 1.165) is 24.0 Å². The molecule has 6 rings (SSSR count). The molecule has 5 amide bonds. The van der Waals surface area contributed by atoms with Gasteiger partial charge in [0.15, 0.2) is 23.0 Å². The molecule has 0 radical (unpaired) electrons. The number of methoxy groups -OCH3 is 2. The van der Waals surface area contributed by atoms with Crippen molar-refractivity contribution in [3.8, 4) is 23.0 Å². The molecule has 4 atom stereocenters. The van der Waals surface area contributed by atoms with Crippen molar-refractivity contribution in [2.75, 3.05) is 91.5 Å². The number of rotatable bonds is 25. The van der Waals surface area contributed by atoms with Crippen molar-refractivity contribution in [1.29, 1.82) is 0 Å². The normalized spacial score (nSPS) is 18.3. The summed E-state index contributed by atoms with van der Waals surface area (Å²) in [6, 6.07) is 6.47. The van der Waals surface area contributed by atoms with Gasteiger partial charge in [0.25, 0.3) is 11.8 Å². The van der Waals surface area contributed by atoms with Gasteiger partial charge in [-0.25, -0.2) is 0 Å². The van der Waals surface area contributed by atoms with Gasteiger partial charge in [0.05, 0.1) is 94.9 Å². The Morgan fingerprint density at radius 3 is 1.99 bits per heavy atom. The van der Waals surface area contributed by atoms with Crippen molar-refractivity contribution in [3.05, 3.63) is 59.7 Å². The number of ether oxygens (including phenoxy) is 6. The van der Waals surface area contributed by atoms with Crippen LogP contribution >= 0.6 is 31.9 Å². The van der Waals surface area contributed by atoms with E-state index in [1.54, 1.807) is 52.3 Å². The van der Waals surface area contributed by atoms with Gasteiger partial charge in [-0.3, -0.25) is 29.0 Å². The summed E-state index contributed by atoms with van der Waals surface area (Å²) in [6.07, 6.45) is 6.18. The van der Waals surface area contributed by atoms with Crippen LogP contribution in [0.3, 0.4) is 0 Å². The number of halogens is 2. The van der Waals surface area contributed by atoms with Gasteiger partial charge < -0.3 is 53.8 Å². The lowest BCUT2D eigenvalue weighted by molar-refractivity contribution is -0.125. The average molecular weight is 1070 g/mol. The van der Waals surface area contributed by atoms with Gasteiger partial charge in [-0.15, -0.1) is 0 Å². The van der Waals surface area contributed by atoms with Gasteiger partial charge in [0.2, 0.25) is 17.7 Å². The van der Waals surface area contributed by atoms with E-state index in [0.29, 0.717) is 110 Å². The third-order valence-corrected chi connectivity index (χ3v) is 14.6. The topological polar surface area (TPSA) is 187 Å². The minimum atomic E-state index is -0.757. The summed E-state index contributed by atoms with van der Waals surface area (Å²) in [5.74, 6) is 1.10. The van der Waals surface area contributed by atoms with E-state index in [1.807, 2.05) is 0 Å². The molecule has 4 aliphatic rings. The van der Waals surface area contributed by atoms with Gasteiger partial charge in [0, 0.05) is 51.1 Å². The highest BCUT2D eigenvalue weighted by Gasteiger charge is 2.40. The largest absolute Gasteiger partial charge is 0.493 e. The molecular formula is C49H64Br2N6O11. The fourth-order valence-corrected chi connectivity index (χ4v) is 9.16. The third-order valence-electron chi connectivity index (χ3n) is 12.0. The first kappa shape index (κ1) is 52.4. The number of amides is 5. The van der Waals surface area contributed by atoms with Crippen LogP contribution in [0.5, 0.6) is 23.0 Å². The van der Waals surface area contributed by atoms with Gasteiger partial charge in [-0.1, -0.05) is 70.0 Å². The summed E-state index contributed by atoms with van der Waals surface area (Å²) in [4.78, 5) is 74.5. The first-order valence-corrected chi connectivity index (χ1v) is 25.0. The standard InChI is InChI=1S/C49H64Br2N6O11/c1-30(2)10-12-52-46(59)44(50)45(51)47(60)53-13-17-66-19-18-65-16-11-43(58)57-29-34-21-32(4)28-56(34)49(62)36-23-40(64-6)42(25-38(36)57)68-15-9-7-8-14-67-41-24-37-35(22-39(41)63-5)48(61)55-27-31(3)20-33(55)26-54-37/h22-26,30,33-34,44-45H,3-4,7-21,27-29H2,1-2,5-6H3,(H,52,59)(H,53,60)/t33-,34-,44?,45?/m0/s1. The minimum absolute atomic E-state index is 0.0608. The van der Waals surface area contributed by atoms with E-state index < -0.39 is 9.65 Å². The van der Waals surface area contributed by atoms with E-state index in [9.17, 15) is 24.0 Å². The van der Waals surface area contributed by atoms with E-state index in [1.165, 1.54) is 7.11 Å². The van der Waals surface area contributed by atoms with Crippen LogP contribution in [0.1, 0.15) is 79.5 Å². The summed E-state index contributed by atoms with van der Waals surface area (Å²) in [6.45, 7) is 15.9. The number of hydrogen-bond donors (Lipinski definition) is 2. The van der Waals surface area contributed by atoms with Crippen LogP contribution in [0.15, 0.2) is 53.6 Å². The SMILES string of the molecule is C=C1C[C@H]2CN(C(=O)CCOCCOCCNC(=O)C(Br)C(Br)C(=O)NCCC(C)C)c3cc(OCCCCCOc4cc5c(cc4OC)C(=O)N4CC(=C)C[C@H]4C=N5)c(OC)cc3C(=O)N2C1. The van der Waals surface area contributed by atoms with Crippen LogP contribution in [-0.2, 0) is 23.9 Å². The lowest BCUT2D eigenvalue weighted by Crippen LogP contribution is -2.44. The highest BCUT2D eigenvalue weighted by molar-refractivity contribution is 9.12. The maximum Gasteiger partial charge on any atom is 0.257 e. The van der Waals surface area contributed by atoms with Gasteiger partial charge in [0.1, 0.15) is 9.65 Å². The van der Waals surface area contributed by atoms with E-state index in [-0.39, 0.29) is 87.6 Å². The number of carbonyl (C=O) groups is 5. The van der Waals surface area contributed by atoms with Crippen molar-refractivity contribution in [2.45, 2.75) is 80.5 Å². The summed E-state index contributed by atoms with van der Waals surface area (Å²) in [5, 5.41) is 5.58. The van der Waals surface area contributed by atoms with Crippen molar-refractivity contribution >= 4 is 79.0 Å². The number of carbonyl (C=O) groups excluding carboxylic acids is 5. The first-order chi connectivity index (χ1) is 32.7. The molecule has 370 valence electrons. The number of unbranched alkanes of at least 4 members (excludes halogenated alkanes) is 2. The molecule has 4 aliphatic heterocycles. The number of benzene rings is 2. The van der Waals surface area contributed by atoms with Crippen LogP contribution in [0.25, 0.3) is 0 Å². The summed E-state index contributed by atoms with van der Waals surface area (Å²) < 4.78 is 35.0. The Morgan fingerprint density at radius 1 is 0.735 bits per heavy atom. The third kappa shape index (κ3) is 13.4. The lowest BCUT2D eigenvalue weighted by atomic mass is 10.1. The highest BCUT2D eigenvalue weighted by atomic mass is 79.9. The van der Waals surface area contributed by atoms with Crippen molar-refractivity contribution in [3.63, 3.8) is 0 Å². The van der Waals surface area contributed by atoms with Crippen molar-refractivity contribution in [2.24, 2.45) is 10.9 Å². The Balaban J connectivity index is 0.958. The summed E-state index contributed by atoms with van der Waals surface area (Å²) in [5.41, 5.74) is 3.73. The number of aliphatic imine (C=N–C) groups is 1. The number of alkyl halides is 2. The van der Waals surface area contributed by atoms with Crippen molar-refractivity contribution in [1.82, 2.24) is 20.4 Å². The molecule has 2 aromatic rings. The van der Waals surface area contributed by atoms with Gasteiger partial charge in [-0.05, 0) is 56.6 Å². The predicted molar refractivity (Wildman–Crippen MR) is 266 cm³/mol. The number of nitrogens with zero attached hydrogens (tertiary/aromatic N) is 4. The average Bonchev–Trinajstić information content (AvgIpc) is 3.84. The Labute approximate surface area is 415 Å². The molecule has 2 unspecified atom stereocenters. The lowest BCUT2D eigenvalue weighted by Gasteiger charge is -2.26. The molecule has 4 heterocycles. The first-order valence-electron chi connectivity index (χ1n) is 23.2. The second-order valence-electron chi connectivity index (χ2n) is 17.6. The molecule has 0 spiro atoms. The molecule has 2 fully saturated rings. The molecule has 17 nitrogen and oxygen atoms in total. The van der Waals surface area contributed by atoms with Crippen LogP contribution in [0.2, 0.25) is 0 Å². The number of nitrogens with one attached hydrogen (secondary N) is 2. The molecule has 2 N–H and O–H groups in total. The van der Waals surface area contributed by atoms with Crippen molar-refractivity contribution < 1.29 is 52.4 Å². The Kier molecular flexibility index (Phi) is 19.3. The monoisotopic (exact) mass is 1070 g/mol. The maximum atomic E-state index is 14.0. The Morgan fingerprint density at radius 2 is 1.32 bits per heavy atom. The zero-order valence-corrected chi connectivity index (χ0v) is 42.6. The smallest absolute Gasteiger partial charge is 0.257 e. The zero-order chi connectivity index (χ0) is 48.9. The fraction of sp³-hybridized carbons (Fsp3) is 0.551. The molecular weight excluding hydrogens is 1010 g/mol. The number of fused-ring (bicyclic) bond motifs is 4. The second-order valence-corrected chi connectivity index (χ2v) is 19.6. The Hall–Kier alpha value is -4.98. The molecule has 2 saturated heterocycles. The van der Waals surface area contributed by atoms with E-state index in [4.69, 9.17) is 28.4 Å². The number of hydrogen-bond acceptors (Lipinski definition) is 12. The zero-order valence-electron chi connectivity index (χ0n) is 39.5. The van der Waals surface area contributed by atoms with E-state index >= 15 is 0 Å². The molecule has 19 heteroatoms. The maximum absolute atomic E-state index is 14.0. The minimum Gasteiger partial charge on any atom is -0.493 e. The van der Waals surface area contributed by atoms with Crippen LogP contribution in [-0.4, -0.2) is 154 Å². The van der Waals surface area contributed by atoms with Gasteiger partial charge >= 0.3 is 0 Å². The molecule has 0 aliphatic carbocycles. The quantitative estimate of drug-likeness (QED) is 0.0659. The van der Waals surface area contributed by atoms with Crippen LogP contribution < -0.4 is 34.5 Å². The summed E-state index contributed by atoms with van der Waals surface area (Å²) >= 11 is 6.61. The Bertz CT molecular complexity index is 2220. The second kappa shape index (κ2) is 25.0. The predicted octanol–water partition coefficient (Wildman–Crippen LogP) is 6.16.